The minimum atomic E-state index is 0.574. The molecule has 0 radical (unpaired) electrons. The molecule has 0 bridgehead atoms. The lowest BCUT2D eigenvalue weighted by molar-refractivity contribution is 0.663. The van der Waals surface area contributed by atoms with Crippen LogP contribution < -0.4 is 0 Å². The van der Waals surface area contributed by atoms with E-state index in [1.54, 1.807) is 6.07 Å². The fourth-order valence-electron chi connectivity index (χ4n) is 6.59. The van der Waals surface area contributed by atoms with Crippen molar-refractivity contribution in [3.05, 3.63) is 132 Å². The molecule has 3 aromatic heterocycles. The maximum atomic E-state index is 10.3. The number of fused-ring (bicyclic) bond motifs is 10. The number of furan rings is 2. The third-order valence-electron chi connectivity index (χ3n) is 8.45. The highest BCUT2D eigenvalue weighted by atomic mass is 16.3. The van der Waals surface area contributed by atoms with Crippen molar-refractivity contribution >= 4 is 71.4 Å². The second kappa shape index (κ2) is 8.60. The van der Waals surface area contributed by atoms with Gasteiger partial charge in [0.05, 0.1) is 34.2 Å². The predicted octanol–water partition coefficient (Wildman–Crippen LogP) is 10.7. The summed E-state index contributed by atoms with van der Waals surface area (Å²) < 4.78 is 14.9. The molecule has 0 fully saturated rings. The number of hydrogen-bond acceptors (Lipinski definition) is 3. The zero-order valence-electron chi connectivity index (χ0n) is 22.6. The van der Waals surface area contributed by atoms with Crippen molar-refractivity contribution in [2.45, 2.75) is 0 Å². The van der Waals surface area contributed by atoms with Crippen LogP contribution in [0.2, 0.25) is 0 Å². The lowest BCUT2D eigenvalue weighted by atomic mass is 9.97. The molecular weight excluding hydrogens is 530 g/mol. The highest BCUT2D eigenvalue weighted by Gasteiger charge is 2.21. The molecule has 0 N–H and O–H groups in total. The van der Waals surface area contributed by atoms with Crippen molar-refractivity contribution in [3.63, 3.8) is 0 Å². The first-order valence-corrected chi connectivity index (χ1v) is 13.9. The fraction of sp³-hybridized carbons (Fsp3) is 0. The first kappa shape index (κ1) is 23.4. The molecule has 0 saturated carbocycles. The average molecular weight is 550 g/mol. The van der Waals surface area contributed by atoms with Crippen molar-refractivity contribution < 1.29 is 8.83 Å². The van der Waals surface area contributed by atoms with E-state index in [0.717, 1.165) is 82.5 Å². The molecule has 0 aliphatic rings. The third-order valence-corrected chi connectivity index (χ3v) is 8.45. The molecule has 3 heterocycles. The summed E-state index contributed by atoms with van der Waals surface area (Å²) in [7, 11) is 0. The molecule has 9 aromatic rings. The van der Waals surface area contributed by atoms with Crippen LogP contribution in [0.1, 0.15) is 5.56 Å². The van der Waals surface area contributed by atoms with E-state index in [-0.39, 0.29) is 0 Å². The van der Waals surface area contributed by atoms with Gasteiger partial charge in [-0.25, -0.2) is 4.85 Å². The topological polar surface area (TPSA) is 59.4 Å². The smallest absolute Gasteiger partial charge is 0.188 e. The summed E-state index contributed by atoms with van der Waals surface area (Å²) in [5.74, 6) is 0. The van der Waals surface area contributed by atoms with E-state index >= 15 is 0 Å². The maximum Gasteiger partial charge on any atom is 0.188 e. The SMILES string of the molecule is [C-]#[N+]c1ccc2oc3c(ccc4oc5ccc(-c6cccc(C#N)c6-n6c7ccccc7c7ccccc76)cc5c43)c2c1. The normalized spacial score (nSPS) is 11.7. The van der Waals surface area contributed by atoms with E-state index in [9.17, 15) is 5.26 Å². The van der Waals surface area contributed by atoms with Gasteiger partial charge in [0.25, 0.3) is 0 Å². The molecular formula is C38H19N3O2. The van der Waals surface area contributed by atoms with Crippen molar-refractivity contribution in [2.24, 2.45) is 0 Å². The van der Waals surface area contributed by atoms with Gasteiger partial charge in [-0.05, 0) is 60.2 Å². The van der Waals surface area contributed by atoms with Crippen molar-refractivity contribution in [2.75, 3.05) is 0 Å². The minimum absolute atomic E-state index is 0.574. The van der Waals surface area contributed by atoms with Crippen LogP contribution in [0.4, 0.5) is 5.69 Å². The fourth-order valence-corrected chi connectivity index (χ4v) is 6.59. The second-order valence-corrected chi connectivity index (χ2v) is 10.7. The Balaban J connectivity index is 1.36. The van der Waals surface area contributed by atoms with E-state index in [2.05, 4.69) is 70.1 Å². The summed E-state index contributed by atoms with van der Waals surface area (Å²) in [5, 5.41) is 16.3. The van der Waals surface area contributed by atoms with Crippen LogP contribution in [-0.2, 0) is 0 Å². The predicted molar refractivity (Wildman–Crippen MR) is 172 cm³/mol. The van der Waals surface area contributed by atoms with Gasteiger partial charge >= 0.3 is 0 Å². The van der Waals surface area contributed by atoms with Crippen LogP contribution in [0.3, 0.4) is 0 Å². The zero-order valence-corrected chi connectivity index (χ0v) is 22.6. The standard InChI is InChI=1S/C38H19N3O2/c1-40-24-14-17-33-29(20-24)28-15-18-35-36(38(28)43-33)30-19-22(13-16-34(30)42-35)25-10-6-7-23(21-39)37(25)41-31-11-4-2-8-26(31)27-9-3-5-12-32(27)41/h2-20H. The first-order chi connectivity index (χ1) is 21.2. The molecule has 0 spiro atoms. The van der Waals surface area contributed by atoms with Crippen LogP contribution in [0, 0.1) is 17.9 Å². The lowest BCUT2D eigenvalue weighted by Gasteiger charge is -2.16. The molecule has 5 nitrogen and oxygen atoms in total. The van der Waals surface area contributed by atoms with Crippen molar-refractivity contribution in [1.29, 1.82) is 5.26 Å². The van der Waals surface area contributed by atoms with Gasteiger partial charge in [0.1, 0.15) is 28.4 Å². The zero-order chi connectivity index (χ0) is 28.7. The molecule has 198 valence electrons. The quantitative estimate of drug-likeness (QED) is 0.202. The van der Waals surface area contributed by atoms with Crippen LogP contribution in [0.25, 0.3) is 87.3 Å². The summed E-state index contributed by atoms with van der Waals surface area (Å²) in [5.41, 5.74) is 8.97. The highest BCUT2D eigenvalue weighted by Crippen LogP contribution is 2.43. The monoisotopic (exact) mass is 549 g/mol. The molecule has 0 saturated heterocycles. The number of benzene rings is 6. The van der Waals surface area contributed by atoms with E-state index in [1.165, 1.54) is 0 Å². The van der Waals surface area contributed by atoms with Crippen molar-refractivity contribution in [3.8, 4) is 22.9 Å². The van der Waals surface area contributed by atoms with E-state index in [1.807, 2.05) is 54.6 Å². The molecule has 0 aliphatic carbocycles. The molecule has 0 atom stereocenters. The number of para-hydroxylation sites is 3. The van der Waals surface area contributed by atoms with Crippen LogP contribution in [0.5, 0.6) is 0 Å². The summed E-state index contributed by atoms with van der Waals surface area (Å²) in [6.07, 6.45) is 0. The number of nitriles is 1. The number of nitrogens with zero attached hydrogens (tertiary/aromatic N) is 3. The Morgan fingerprint density at radius 1 is 0.628 bits per heavy atom. The number of rotatable bonds is 2. The van der Waals surface area contributed by atoms with Gasteiger partial charge in [-0.1, -0.05) is 60.7 Å². The van der Waals surface area contributed by atoms with Gasteiger partial charge in [0, 0.05) is 32.5 Å². The summed E-state index contributed by atoms with van der Waals surface area (Å²) in [4.78, 5) is 3.60. The Morgan fingerprint density at radius 3 is 2.12 bits per heavy atom. The van der Waals surface area contributed by atoms with Gasteiger partial charge in [-0.2, -0.15) is 5.26 Å². The highest BCUT2D eigenvalue weighted by molar-refractivity contribution is 6.22. The Morgan fingerprint density at radius 2 is 1.35 bits per heavy atom. The van der Waals surface area contributed by atoms with E-state index < -0.39 is 0 Å². The van der Waals surface area contributed by atoms with Crippen LogP contribution >= 0.6 is 0 Å². The Kier molecular flexibility index (Phi) is 4.68. The van der Waals surface area contributed by atoms with Crippen molar-refractivity contribution in [1.82, 2.24) is 4.57 Å². The molecule has 9 rings (SSSR count). The second-order valence-electron chi connectivity index (χ2n) is 10.7. The summed E-state index contributed by atoms with van der Waals surface area (Å²) >= 11 is 0. The maximum absolute atomic E-state index is 10.3. The largest absolute Gasteiger partial charge is 0.456 e. The molecule has 0 aliphatic heterocycles. The van der Waals surface area contributed by atoms with Gasteiger partial charge in [0.15, 0.2) is 5.69 Å². The molecule has 5 heteroatoms. The lowest BCUT2D eigenvalue weighted by Crippen LogP contribution is -2.00. The third kappa shape index (κ3) is 3.19. The summed E-state index contributed by atoms with van der Waals surface area (Å²) in [6.45, 7) is 7.44. The number of aromatic nitrogens is 1. The van der Waals surface area contributed by atoms with Gasteiger partial charge in [0.2, 0.25) is 0 Å². The van der Waals surface area contributed by atoms with Gasteiger partial charge in [-0.3, -0.25) is 0 Å². The Labute approximate surface area is 244 Å². The molecule has 0 amide bonds. The van der Waals surface area contributed by atoms with E-state index in [4.69, 9.17) is 15.4 Å². The Hall–Kier alpha value is -6.30. The number of hydrogen-bond donors (Lipinski definition) is 0. The van der Waals surface area contributed by atoms with E-state index in [0.29, 0.717) is 11.3 Å². The Bertz CT molecular complexity index is 2650. The van der Waals surface area contributed by atoms with Crippen LogP contribution in [0.15, 0.2) is 124 Å². The molecule has 43 heavy (non-hydrogen) atoms. The minimum Gasteiger partial charge on any atom is -0.456 e. The summed E-state index contributed by atoms with van der Waals surface area (Å²) in [6, 6.07) is 40.7. The van der Waals surface area contributed by atoms with Crippen LogP contribution in [-0.4, -0.2) is 4.57 Å². The van der Waals surface area contributed by atoms with Gasteiger partial charge in [-0.15, -0.1) is 0 Å². The molecule has 0 unspecified atom stereocenters. The average Bonchev–Trinajstić information content (AvgIpc) is 3.73. The van der Waals surface area contributed by atoms with Gasteiger partial charge < -0.3 is 13.4 Å². The first-order valence-electron chi connectivity index (χ1n) is 13.9. The molecule has 6 aromatic carbocycles.